The smallest absolute Gasteiger partial charge is 0.222 e. The minimum atomic E-state index is 0.625. The second kappa shape index (κ2) is 12.5. The van der Waals surface area contributed by atoms with Crippen molar-refractivity contribution in [1.82, 2.24) is 33.5 Å². The molecule has 0 aliphatic rings. The van der Waals surface area contributed by atoms with Crippen LogP contribution < -0.4 is 0 Å². The molecule has 258 valence electrons. The Bertz CT molecular complexity index is 3140. The molecule has 7 heteroatoms. The van der Waals surface area contributed by atoms with Crippen LogP contribution in [0.1, 0.15) is 0 Å². The van der Waals surface area contributed by atoms with E-state index in [2.05, 4.69) is 135 Å². The zero-order valence-corrected chi connectivity index (χ0v) is 29.5. The summed E-state index contributed by atoms with van der Waals surface area (Å²) >= 11 is 0. The van der Waals surface area contributed by atoms with Crippen LogP contribution in [0.25, 0.3) is 95.5 Å². The fourth-order valence-corrected chi connectivity index (χ4v) is 7.80. The number of imidazole rings is 2. The molecule has 0 aliphatic carbocycles. The molecule has 7 nitrogen and oxygen atoms in total. The van der Waals surface area contributed by atoms with E-state index in [0.29, 0.717) is 17.5 Å². The molecule has 0 saturated carbocycles. The number of nitrogens with zero attached hydrogens (tertiary/aromatic N) is 7. The number of aromatic nitrogens is 7. The van der Waals surface area contributed by atoms with Crippen LogP contribution in [0.15, 0.2) is 188 Å². The van der Waals surface area contributed by atoms with Crippen molar-refractivity contribution in [1.29, 1.82) is 0 Å². The largest absolute Gasteiger partial charge is 0.292 e. The van der Waals surface area contributed by atoms with Gasteiger partial charge in [0.2, 0.25) is 5.78 Å². The van der Waals surface area contributed by atoms with Gasteiger partial charge in [-0.2, -0.15) is 4.98 Å². The average molecular weight is 706 g/mol. The molecule has 0 bridgehead atoms. The molecular formula is C48H31N7. The van der Waals surface area contributed by atoms with Gasteiger partial charge in [0.05, 0.1) is 16.6 Å². The highest BCUT2D eigenvalue weighted by atomic mass is 15.2. The van der Waals surface area contributed by atoms with E-state index < -0.39 is 0 Å². The summed E-state index contributed by atoms with van der Waals surface area (Å²) in [7, 11) is 0. The summed E-state index contributed by atoms with van der Waals surface area (Å²) in [5.74, 6) is 2.78. The summed E-state index contributed by atoms with van der Waals surface area (Å²) < 4.78 is 6.86. The topological polar surface area (TPSA) is 65.8 Å². The van der Waals surface area contributed by atoms with E-state index in [1.54, 1.807) is 0 Å². The molecule has 4 heterocycles. The van der Waals surface area contributed by atoms with Gasteiger partial charge >= 0.3 is 0 Å². The second-order valence-corrected chi connectivity index (χ2v) is 13.6. The van der Waals surface area contributed by atoms with Crippen molar-refractivity contribution in [2.75, 3.05) is 0 Å². The van der Waals surface area contributed by atoms with Gasteiger partial charge in [0, 0.05) is 33.5 Å². The Balaban J connectivity index is 1.07. The Morgan fingerprint density at radius 3 is 1.51 bits per heavy atom. The Labute approximate surface area is 316 Å². The number of benzene rings is 7. The Hall–Kier alpha value is -7.64. The molecule has 0 radical (unpaired) electrons. The maximum absolute atomic E-state index is 5.43. The summed E-state index contributed by atoms with van der Waals surface area (Å²) in [4.78, 5) is 20.3. The van der Waals surface area contributed by atoms with Crippen molar-refractivity contribution < 1.29 is 0 Å². The van der Waals surface area contributed by atoms with Gasteiger partial charge in [0.25, 0.3) is 0 Å². The van der Waals surface area contributed by atoms with E-state index >= 15 is 0 Å². The highest BCUT2D eigenvalue weighted by Crippen LogP contribution is 2.37. The van der Waals surface area contributed by atoms with Crippen molar-refractivity contribution in [3.8, 4) is 56.7 Å². The standard InChI is InChI=1S/C48H31N7/c1-4-16-32(17-5-1)44-49-45(33-18-6-2-7-19-33)51-46(50-44)36-22-14-20-34(30-36)35-21-15-25-38(31-35)53-40-27-11-10-26-39(40)43-47(53)52-48-54(37-23-8-3-9-24-37)41-28-12-13-29-42(41)55(43)48/h1-31H. The maximum Gasteiger partial charge on any atom is 0.222 e. The van der Waals surface area contributed by atoms with Crippen molar-refractivity contribution in [2.24, 2.45) is 0 Å². The Morgan fingerprint density at radius 1 is 0.327 bits per heavy atom. The molecule has 0 N–H and O–H groups in total. The predicted molar refractivity (Wildman–Crippen MR) is 221 cm³/mol. The number of para-hydroxylation sites is 4. The molecule has 0 spiro atoms. The van der Waals surface area contributed by atoms with Crippen molar-refractivity contribution in [2.45, 2.75) is 0 Å². The lowest BCUT2D eigenvalue weighted by Crippen LogP contribution is -2.00. The van der Waals surface area contributed by atoms with E-state index in [0.717, 1.165) is 78.1 Å². The molecule has 0 aliphatic heterocycles. The van der Waals surface area contributed by atoms with E-state index in [9.17, 15) is 0 Å². The van der Waals surface area contributed by atoms with Gasteiger partial charge in [-0.1, -0.05) is 140 Å². The number of fused-ring (bicyclic) bond motifs is 7. The van der Waals surface area contributed by atoms with Gasteiger partial charge in [-0.3, -0.25) is 13.5 Å². The van der Waals surface area contributed by atoms with Crippen LogP contribution in [0.2, 0.25) is 0 Å². The quantitative estimate of drug-likeness (QED) is 0.173. The molecule has 4 aromatic heterocycles. The van der Waals surface area contributed by atoms with Crippen LogP contribution in [-0.4, -0.2) is 33.5 Å². The molecule has 0 amide bonds. The molecule has 7 aromatic carbocycles. The SMILES string of the molecule is c1ccc(-c2nc(-c3ccccc3)nc(-c3cccc(-c4cccc(-n5c6ccccc6c6c5nc5n(-c7ccccc7)c7ccccc7n65)c4)c3)n2)cc1. The molecule has 0 saturated heterocycles. The fourth-order valence-electron chi connectivity index (χ4n) is 7.80. The van der Waals surface area contributed by atoms with Crippen LogP contribution in [-0.2, 0) is 0 Å². The molecule has 55 heavy (non-hydrogen) atoms. The van der Waals surface area contributed by atoms with Crippen molar-refractivity contribution >= 4 is 38.9 Å². The third-order valence-corrected chi connectivity index (χ3v) is 10.3. The van der Waals surface area contributed by atoms with Gasteiger partial charge < -0.3 is 0 Å². The van der Waals surface area contributed by atoms with Crippen LogP contribution in [0.4, 0.5) is 0 Å². The van der Waals surface area contributed by atoms with Crippen LogP contribution in [0, 0.1) is 0 Å². The molecule has 0 fully saturated rings. The monoisotopic (exact) mass is 705 g/mol. The normalized spacial score (nSPS) is 11.6. The zero-order chi connectivity index (χ0) is 36.3. The molecule has 11 aromatic rings. The van der Waals surface area contributed by atoms with Crippen molar-refractivity contribution in [3.05, 3.63) is 188 Å². The van der Waals surface area contributed by atoms with Crippen LogP contribution in [0.5, 0.6) is 0 Å². The van der Waals surface area contributed by atoms with E-state index in [1.165, 1.54) is 0 Å². The molecule has 0 atom stereocenters. The maximum atomic E-state index is 5.43. The summed E-state index contributed by atoms with van der Waals surface area (Å²) in [6.45, 7) is 0. The summed E-state index contributed by atoms with van der Waals surface area (Å²) in [6, 6.07) is 64.9. The number of rotatable bonds is 6. The highest BCUT2D eigenvalue weighted by Gasteiger charge is 2.23. The lowest BCUT2D eigenvalue weighted by Gasteiger charge is -2.11. The fraction of sp³-hybridized carbons (Fsp3) is 0. The molecule has 0 unspecified atom stereocenters. The van der Waals surface area contributed by atoms with Gasteiger partial charge in [0.1, 0.15) is 5.52 Å². The van der Waals surface area contributed by atoms with Gasteiger partial charge in [0.15, 0.2) is 23.1 Å². The minimum absolute atomic E-state index is 0.625. The molecule has 11 rings (SSSR count). The van der Waals surface area contributed by atoms with Gasteiger partial charge in [-0.05, 0) is 59.7 Å². The third-order valence-electron chi connectivity index (χ3n) is 10.3. The first kappa shape index (κ1) is 30.9. The van der Waals surface area contributed by atoms with E-state index in [1.807, 2.05) is 66.7 Å². The lowest BCUT2D eigenvalue weighted by molar-refractivity contribution is 1.07. The zero-order valence-electron chi connectivity index (χ0n) is 29.5. The third kappa shape index (κ3) is 5.05. The first-order valence-corrected chi connectivity index (χ1v) is 18.3. The Morgan fingerprint density at radius 2 is 0.818 bits per heavy atom. The van der Waals surface area contributed by atoms with E-state index in [-0.39, 0.29) is 0 Å². The average Bonchev–Trinajstić information content (AvgIpc) is 3.90. The van der Waals surface area contributed by atoms with Crippen molar-refractivity contribution in [3.63, 3.8) is 0 Å². The second-order valence-electron chi connectivity index (χ2n) is 13.6. The number of hydrogen-bond donors (Lipinski definition) is 0. The first-order chi connectivity index (χ1) is 27.3. The van der Waals surface area contributed by atoms with Crippen LogP contribution in [0.3, 0.4) is 0 Å². The van der Waals surface area contributed by atoms with E-state index in [4.69, 9.17) is 19.9 Å². The molecular weight excluding hydrogens is 675 g/mol. The van der Waals surface area contributed by atoms with Gasteiger partial charge in [-0.15, -0.1) is 0 Å². The first-order valence-electron chi connectivity index (χ1n) is 18.3. The summed E-state index contributed by atoms with van der Waals surface area (Å²) in [6.07, 6.45) is 0. The predicted octanol–water partition coefficient (Wildman–Crippen LogP) is 11.2. The minimum Gasteiger partial charge on any atom is -0.292 e. The van der Waals surface area contributed by atoms with Gasteiger partial charge in [-0.25, -0.2) is 15.0 Å². The summed E-state index contributed by atoms with van der Waals surface area (Å²) in [5, 5.41) is 1.15. The summed E-state index contributed by atoms with van der Waals surface area (Å²) in [5.41, 5.74) is 12.4. The highest BCUT2D eigenvalue weighted by molar-refractivity contribution is 6.09. The Kier molecular flexibility index (Phi) is 7.03. The lowest BCUT2D eigenvalue weighted by atomic mass is 10.0. The van der Waals surface area contributed by atoms with Crippen LogP contribution >= 0.6 is 0 Å². The number of hydrogen-bond acceptors (Lipinski definition) is 4.